The van der Waals surface area contributed by atoms with E-state index >= 15 is 0 Å². The average Bonchev–Trinajstić information content (AvgIpc) is 2.48. The van der Waals surface area contributed by atoms with Gasteiger partial charge in [0, 0.05) is 23.7 Å². The lowest BCUT2D eigenvalue weighted by atomic mass is 10.2. The highest BCUT2D eigenvalue weighted by Crippen LogP contribution is 2.25. The molecule has 112 valence electrons. The summed E-state index contributed by atoms with van der Waals surface area (Å²) in [4.78, 5) is 8.67. The Morgan fingerprint density at radius 2 is 1.90 bits per heavy atom. The molecular formula is C14H18FN5O. The Bertz CT molecular complexity index is 633. The standard InChI is InChI=1S/C14H18FN5O/c1-8(2)14-18-12(7-13(19-14)20-16)17-9-4-5-10(15)11(6-9)21-3/h4-8H,16H2,1-3H3,(H2,17,18,19,20). The minimum atomic E-state index is -0.419. The molecule has 0 fully saturated rings. The fourth-order valence-electron chi connectivity index (χ4n) is 1.75. The minimum absolute atomic E-state index is 0.154. The second kappa shape index (κ2) is 6.36. The largest absolute Gasteiger partial charge is 0.494 e. The van der Waals surface area contributed by atoms with Crippen LogP contribution in [0.5, 0.6) is 5.75 Å². The molecule has 0 aliphatic carbocycles. The highest BCUT2D eigenvalue weighted by Gasteiger charge is 2.09. The van der Waals surface area contributed by atoms with E-state index in [0.717, 1.165) is 0 Å². The molecule has 1 heterocycles. The van der Waals surface area contributed by atoms with Gasteiger partial charge in [-0.05, 0) is 12.1 Å². The van der Waals surface area contributed by atoms with Gasteiger partial charge in [-0.1, -0.05) is 13.8 Å². The number of hydrogen-bond acceptors (Lipinski definition) is 6. The van der Waals surface area contributed by atoms with Crippen LogP contribution in [0.3, 0.4) is 0 Å². The van der Waals surface area contributed by atoms with Gasteiger partial charge in [0.15, 0.2) is 11.6 Å². The van der Waals surface area contributed by atoms with E-state index in [2.05, 4.69) is 20.7 Å². The molecule has 2 rings (SSSR count). The Hall–Kier alpha value is -2.41. The summed E-state index contributed by atoms with van der Waals surface area (Å²) in [6.45, 7) is 3.97. The third kappa shape index (κ3) is 3.57. The minimum Gasteiger partial charge on any atom is -0.494 e. The van der Waals surface area contributed by atoms with Crippen molar-refractivity contribution in [2.75, 3.05) is 17.9 Å². The SMILES string of the molecule is COc1cc(Nc2cc(NN)nc(C(C)C)n2)ccc1F. The molecule has 6 nitrogen and oxygen atoms in total. The van der Waals surface area contributed by atoms with Crippen LogP contribution in [0.2, 0.25) is 0 Å². The van der Waals surface area contributed by atoms with Gasteiger partial charge in [-0.25, -0.2) is 20.2 Å². The molecule has 1 aromatic heterocycles. The summed E-state index contributed by atoms with van der Waals surface area (Å²) >= 11 is 0. The first-order chi connectivity index (χ1) is 10.0. The summed E-state index contributed by atoms with van der Waals surface area (Å²) in [5, 5.41) is 3.08. The van der Waals surface area contributed by atoms with Crippen LogP contribution in [0.25, 0.3) is 0 Å². The van der Waals surface area contributed by atoms with Crippen molar-refractivity contribution in [2.24, 2.45) is 5.84 Å². The molecule has 21 heavy (non-hydrogen) atoms. The predicted molar refractivity (Wildman–Crippen MR) is 80.2 cm³/mol. The Kier molecular flexibility index (Phi) is 4.54. The molecule has 7 heteroatoms. The fraction of sp³-hybridized carbons (Fsp3) is 0.286. The number of methoxy groups -OCH3 is 1. The number of rotatable bonds is 5. The van der Waals surface area contributed by atoms with Gasteiger partial charge in [-0.2, -0.15) is 0 Å². The van der Waals surface area contributed by atoms with Crippen molar-refractivity contribution in [2.45, 2.75) is 19.8 Å². The molecule has 0 saturated carbocycles. The van der Waals surface area contributed by atoms with Crippen molar-refractivity contribution >= 4 is 17.3 Å². The van der Waals surface area contributed by atoms with Crippen molar-refractivity contribution in [3.8, 4) is 5.75 Å². The molecule has 1 aromatic carbocycles. The summed E-state index contributed by atoms with van der Waals surface area (Å²) in [5.74, 6) is 7.03. The number of nitrogens with zero attached hydrogens (tertiary/aromatic N) is 2. The van der Waals surface area contributed by atoms with Crippen molar-refractivity contribution in [1.82, 2.24) is 9.97 Å². The zero-order valence-corrected chi connectivity index (χ0v) is 12.1. The van der Waals surface area contributed by atoms with Gasteiger partial charge in [0.05, 0.1) is 7.11 Å². The number of nitrogen functional groups attached to an aromatic ring is 1. The van der Waals surface area contributed by atoms with E-state index in [-0.39, 0.29) is 11.7 Å². The van der Waals surface area contributed by atoms with Gasteiger partial charge in [0.1, 0.15) is 17.5 Å². The maximum atomic E-state index is 13.4. The van der Waals surface area contributed by atoms with Crippen molar-refractivity contribution in [1.29, 1.82) is 0 Å². The topological polar surface area (TPSA) is 85.1 Å². The molecule has 0 aliphatic heterocycles. The van der Waals surface area contributed by atoms with Crippen molar-refractivity contribution in [3.05, 3.63) is 35.9 Å². The molecule has 0 atom stereocenters. The zero-order valence-electron chi connectivity index (χ0n) is 12.1. The quantitative estimate of drug-likeness (QED) is 0.580. The van der Waals surface area contributed by atoms with Gasteiger partial charge in [-0.15, -0.1) is 0 Å². The summed E-state index contributed by atoms with van der Waals surface area (Å²) in [5.41, 5.74) is 3.16. The first kappa shape index (κ1) is 15.0. The highest BCUT2D eigenvalue weighted by atomic mass is 19.1. The lowest BCUT2D eigenvalue weighted by Crippen LogP contribution is -2.12. The Balaban J connectivity index is 2.32. The molecule has 0 unspecified atom stereocenters. The Morgan fingerprint density at radius 3 is 2.52 bits per heavy atom. The second-order valence-electron chi connectivity index (χ2n) is 4.77. The van der Waals surface area contributed by atoms with Crippen LogP contribution < -0.4 is 21.3 Å². The van der Waals surface area contributed by atoms with E-state index in [4.69, 9.17) is 10.6 Å². The monoisotopic (exact) mass is 291 g/mol. The number of hydrogen-bond donors (Lipinski definition) is 3. The smallest absolute Gasteiger partial charge is 0.165 e. The van der Waals surface area contributed by atoms with Gasteiger partial charge in [0.2, 0.25) is 0 Å². The summed E-state index contributed by atoms with van der Waals surface area (Å²) in [6.07, 6.45) is 0. The number of benzene rings is 1. The maximum absolute atomic E-state index is 13.4. The molecule has 0 radical (unpaired) electrons. The first-order valence-electron chi connectivity index (χ1n) is 6.49. The fourth-order valence-corrected chi connectivity index (χ4v) is 1.75. The van der Waals surface area contributed by atoms with E-state index in [0.29, 0.717) is 23.1 Å². The summed E-state index contributed by atoms with van der Waals surface area (Å²) < 4.78 is 18.3. The highest BCUT2D eigenvalue weighted by molar-refractivity contribution is 5.60. The summed E-state index contributed by atoms with van der Waals surface area (Å²) in [7, 11) is 1.42. The zero-order chi connectivity index (χ0) is 15.4. The molecule has 0 aliphatic rings. The number of ether oxygens (including phenoxy) is 1. The first-order valence-corrected chi connectivity index (χ1v) is 6.49. The lowest BCUT2D eigenvalue weighted by molar-refractivity contribution is 0.387. The van der Waals surface area contributed by atoms with Gasteiger partial charge in [0.25, 0.3) is 0 Å². The third-order valence-corrected chi connectivity index (χ3v) is 2.83. The van der Waals surface area contributed by atoms with Crippen LogP contribution in [-0.4, -0.2) is 17.1 Å². The molecule has 0 spiro atoms. The normalized spacial score (nSPS) is 10.6. The summed E-state index contributed by atoms with van der Waals surface area (Å²) in [6, 6.07) is 6.15. The second-order valence-corrected chi connectivity index (χ2v) is 4.77. The van der Waals surface area contributed by atoms with Crippen molar-refractivity contribution < 1.29 is 9.13 Å². The van der Waals surface area contributed by atoms with Crippen molar-refractivity contribution in [3.63, 3.8) is 0 Å². The molecule has 0 bridgehead atoms. The third-order valence-electron chi connectivity index (χ3n) is 2.83. The van der Waals surface area contributed by atoms with Crippen LogP contribution in [0.4, 0.5) is 21.7 Å². The van der Waals surface area contributed by atoms with E-state index in [1.807, 2.05) is 13.8 Å². The number of halogens is 1. The number of nitrogens with two attached hydrogens (primary N) is 1. The Labute approximate surface area is 122 Å². The molecule has 0 saturated heterocycles. The lowest BCUT2D eigenvalue weighted by Gasteiger charge is -2.12. The Morgan fingerprint density at radius 1 is 1.19 bits per heavy atom. The van der Waals surface area contributed by atoms with Gasteiger partial charge < -0.3 is 15.5 Å². The van der Waals surface area contributed by atoms with Crippen LogP contribution in [0.1, 0.15) is 25.6 Å². The van der Waals surface area contributed by atoms with E-state index < -0.39 is 5.82 Å². The maximum Gasteiger partial charge on any atom is 0.165 e. The van der Waals surface area contributed by atoms with E-state index in [1.54, 1.807) is 18.2 Å². The van der Waals surface area contributed by atoms with Crippen LogP contribution in [-0.2, 0) is 0 Å². The van der Waals surface area contributed by atoms with E-state index in [9.17, 15) is 4.39 Å². The predicted octanol–water partition coefficient (Wildman–Crippen LogP) is 2.78. The molecule has 2 aromatic rings. The number of aromatic nitrogens is 2. The van der Waals surface area contributed by atoms with E-state index in [1.165, 1.54) is 13.2 Å². The van der Waals surface area contributed by atoms with Crippen LogP contribution >= 0.6 is 0 Å². The average molecular weight is 291 g/mol. The van der Waals surface area contributed by atoms with Crippen LogP contribution in [0, 0.1) is 5.82 Å². The molecular weight excluding hydrogens is 273 g/mol. The van der Waals surface area contributed by atoms with Gasteiger partial charge in [-0.3, -0.25) is 0 Å². The van der Waals surface area contributed by atoms with Crippen LogP contribution in [0.15, 0.2) is 24.3 Å². The molecule has 0 amide bonds. The number of nitrogens with one attached hydrogen (secondary N) is 2. The number of hydrazine groups is 1. The van der Waals surface area contributed by atoms with Gasteiger partial charge >= 0.3 is 0 Å². The molecule has 4 N–H and O–H groups in total. The number of anilines is 3.